The summed E-state index contributed by atoms with van der Waals surface area (Å²) in [5, 5.41) is 0. The van der Waals surface area contributed by atoms with Gasteiger partial charge in [0.2, 0.25) is 0 Å². The summed E-state index contributed by atoms with van der Waals surface area (Å²) in [6, 6.07) is 3.62. The Balaban J connectivity index is 1.89. The van der Waals surface area contributed by atoms with Gasteiger partial charge in [-0.1, -0.05) is 0 Å². The molecule has 2 rings (SSSR count). The molecule has 0 atom stereocenters. The second-order valence-electron chi connectivity index (χ2n) is 4.64. The predicted molar refractivity (Wildman–Crippen MR) is 67.1 cm³/mol. The zero-order valence-corrected chi connectivity index (χ0v) is 10.4. The van der Waals surface area contributed by atoms with E-state index in [1.165, 1.54) is 12.1 Å². The minimum Gasteiger partial charge on any atom is -0.329 e. The quantitative estimate of drug-likeness (QED) is 0.872. The van der Waals surface area contributed by atoms with Crippen LogP contribution in [0.1, 0.15) is 5.56 Å². The summed E-state index contributed by atoms with van der Waals surface area (Å²) in [7, 11) is 0. The van der Waals surface area contributed by atoms with Crippen molar-refractivity contribution in [2.75, 3.05) is 39.3 Å². The molecule has 3 nitrogen and oxygen atoms in total. The molecule has 1 saturated heterocycles. The van der Waals surface area contributed by atoms with Crippen LogP contribution in [0.4, 0.5) is 8.78 Å². The Kier molecular flexibility index (Phi) is 4.63. The molecular weight excluding hydrogens is 236 g/mol. The second-order valence-corrected chi connectivity index (χ2v) is 4.64. The van der Waals surface area contributed by atoms with Gasteiger partial charge in [-0.15, -0.1) is 0 Å². The van der Waals surface area contributed by atoms with E-state index >= 15 is 0 Å². The van der Waals surface area contributed by atoms with Gasteiger partial charge in [-0.2, -0.15) is 0 Å². The van der Waals surface area contributed by atoms with Crippen LogP contribution in [-0.2, 0) is 6.54 Å². The number of hydrogen-bond donors (Lipinski definition) is 1. The first-order valence-corrected chi connectivity index (χ1v) is 6.28. The molecule has 100 valence electrons. The number of nitrogens with zero attached hydrogens (tertiary/aromatic N) is 2. The highest BCUT2D eigenvalue weighted by Crippen LogP contribution is 2.13. The number of benzene rings is 1. The zero-order valence-electron chi connectivity index (χ0n) is 10.4. The zero-order chi connectivity index (χ0) is 13.0. The highest BCUT2D eigenvalue weighted by atomic mass is 19.1. The van der Waals surface area contributed by atoms with Gasteiger partial charge < -0.3 is 5.73 Å². The molecule has 1 aliphatic rings. The van der Waals surface area contributed by atoms with Gasteiger partial charge in [0, 0.05) is 51.4 Å². The molecule has 0 spiro atoms. The van der Waals surface area contributed by atoms with Crippen LogP contribution in [0.25, 0.3) is 0 Å². The van der Waals surface area contributed by atoms with Gasteiger partial charge in [-0.25, -0.2) is 8.78 Å². The molecule has 2 N–H and O–H groups in total. The van der Waals surface area contributed by atoms with Gasteiger partial charge in [0.05, 0.1) is 0 Å². The molecule has 1 heterocycles. The maximum absolute atomic E-state index is 13.5. The van der Waals surface area contributed by atoms with Gasteiger partial charge in [0.25, 0.3) is 0 Å². The Labute approximate surface area is 106 Å². The van der Waals surface area contributed by atoms with Gasteiger partial charge in [-0.3, -0.25) is 9.80 Å². The minimum absolute atomic E-state index is 0.333. The Hall–Kier alpha value is -1.04. The molecule has 0 bridgehead atoms. The molecule has 0 aromatic heterocycles. The minimum atomic E-state index is -0.381. The third-order valence-electron chi connectivity index (χ3n) is 3.31. The van der Waals surface area contributed by atoms with Crippen LogP contribution in [-0.4, -0.2) is 49.1 Å². The molecule has 0 saturated carbocycles. The number of nitrogens with two attached hydrogens (primary N) is 1. The molecule has 0 aliphatic carbocycles. The van der Waals surface area contributed by atoms with E-state index in [1.807, 2.05) is 0 Å². The monoisotopic (exact) mass is 255 g/mol. The van der Waals surface area contributed by atoms with E-state index in [9.17, 15) is 8.78 Å². The Bertz CT molecular complexity index is 390. The van der Waals surface area contributed by atoms with Crippen LogP contribution in [0.3, 0.4) is 0 Å². The fraction of sp³-hybridized carbons (Fsp3) is 0.538. The lowest BCUT2D eigenvalue weighted by atomic mass is 10.1. The predicted octanol–water partition coefficient (Wildman–Crippen LogP) is 1.04. The maximum atomic E-state index is 13.5. The lowest BCUT2D eigenvalue weighted by Gasteiger charge is -2.34. The molecule has 0 radical (unpaired) electrons. The molecule has 0 unspecified atom stereocenters. The molecule has 1 aliphatic heterocycles. The van der Waals surface area contributed by atoms with Crippen molar-refractivity contribution in [3.8, 4) is 0 Å². The van der Waals surface area contributed by atoms with E-state index in [4.69, 9.17) is 5.73 Å². The number of rotatable bonds is 4. The van der Waals surface area contributed by atoms with Crippen molar-refractivity contribution in [1.82, 2.24) is 9.80 Å². The highest BCUT2D eigenvalue weighted by Gasteiger charge is 2.17. The summed E-state index contributed by atoms with van der Waals surface area (Å²) in [5.41, 5.74) is 5.94. The van der Waals surface area contributed by atoms with E-state index in [1.54, 1.807) is 0 Å². The standard InChI is InChI=1S/C13H19F2N3/c14-12-1-2-13(15)11(9-12)10-18-7-5-17(4-3-16)6-8-18/h1-2,9H,3-8,10,16H2. The van der Waals surface area contributed by atoms with E-state index in [2.05, 4.69) is 9.80 Å². The van der Waals surface area contributed by atoms with Crippen molar-refractivity contribution >= 4 is 0 Å². The summed E-state index contributed by atoms with van der Waals surface area (Å²) < 4.78 is 26.6. The van der Waals surface area contributed by atoms with Crippen LogP contribution in [0.15, 0.2) is 18.2 Å². The number of halogens is 2. The lowest BCUT2D eigenvalue weighted by molar-refractivity contribution is 0.128. The largest absolute Gasteiger partial charge is 0.329 e. The molecular formula is C13H19F2N3. The van der Waals surface area contributed by atoms with Crippen LogP contribution in [0.2, 0.25) is 0 Å². The van der Waals surface area contributed by atoms with Crippen molar-refractivity contribution in [2.45, 2.75) is 6.54 Å². The highest BCUT2D eigenvalue weighted by molar-refractivity contribution is 5.18. The maximum Gasteiger partial charge on any atom is 0.127 e. The Morgan fingerprint density at radius 2 is 1.72 bits per heavy atom. The first kappa shape index (κ1) is 13.4. The summed E-state index contributed by atoms with van der Waals surface area (Å²) in [5.74, 6) is -0.714. The average molecular weight is 255 g/mol. The Morgan fingerprint density at radius 1 is 1.06 bits per heavy atom. The van der Waals surface area contributed by atoms with Gasteiger partial charge in [0.1, 0.15) is 11.6 Å². The molecule has 5 heteroatoms. The van der Waals surface area contributed by atoms with Crippen molar-refractivity contribution in [3.05, 3.63) is 35.4 Å². The SMILES string of the molecule is NCCN1CCN(Cc2cc(F)ccc2F)CC1. The topological polar surface area (TPSA) is 32.5 Å². The normalized spacial score (nSPS) is 18.2. The van der Waals surface area contributed by atoms with Crippen molar-refractivity contribution in [3.63, 3.8) is 0 Å². The first-order valence-electron chi connectivity index (χ1n) is 6.28. The summed E-state index contributed by atoms with van der Waals surface area (Å²) in [4.78, 5) is 4.43. The molecule has 1 aromatic carbocycles. The number of piperazine rings is 1. The first-order chi connectivity index (χ1) is 8.69. The fourth-order valence-corrected chi connectivity index (χ4v) is 2.26. The van der Waals surface area contributed by atoms with Gasteiger partial charge in [0.15, 0.2) is 0 Å². The lowest BCUT2D eigenvalue weighted by Crippen LogP contribution is -2.47. The van der Waals surface area contributed by atoms with Crippen molar-refractivity contribution in [1.29, 1.82) is 0 Å². The van der Waals surface area contributed by atoms with E-state index in [0.29, 0.717) is 18.7 Å². The van der Waals surface area contributed by atoms with Crippen LogP contribution < -0.4 is 5.73 Å². The van der Waals surface area contributed by atoms with Crippen molar-refractivity contribution in [2.24, 2.45) is 5.73 Å². The van der Waals surface area contributed by atoms with E-state index < -0.39 is 0 Å². The molecule has 18 heavy (non-hydrogen) atoms. The third kappa shape index (κ3) is 3.48. The summed E-state index contributed by atoms with van der Waals surface area (Å²) >= 11 is 0. The smallest absolute Gasteiger partial charge is 0.127 e. The Morgan fingerprint density at radius 3 is 2.39 bits per heavy atom. The number of hydrogen-bond acceptors (Lipinski definition) is 3. The third-order valence-corrected chi connectivity index (χ3v) is 3.31. The summed E-state index contributed by atoms with van der Waals surface area (Å²) in [6.07, 6.45) is 0. The van der Waals surface area contributed by atoms with E-state index in [0.717, 1.165) is 38.8 Å². The molecule has 0 amide bonds. The van der Waals surface area contributed by atoms with E-state index in [-0.39, 0.29) is 11.6 Å². The van der Waals surface area contributed by atoms with Crippen LogP contribution in [0.5, 0.6) is 0 Å². The summed E-state index contributed by atoms with van der Waals surface area (Å²) in [6.45, 7) is 5.66. The van der Waals surface area contributed by atoms with Gasteiger partial charge in [-0.05, 0) is 18.2 Å². The van der Waals surface area contributed by atoms with Crippen LogP contribution in [0, 0.1) is 11.6 Å². The molecule has 1 aromatic rings. The fourth-order valence-electron chi connectivity index (χ4n) is 2.26. The second kappa shape index (κ2) is 6.22. The average Bonchev–Trinajstić information content (AvgIpc) is 2.37. The molecule has 1 fully saturated rings. The van der Waals surface area contributed by atoms with Crippen LogP contribution >= 0.6 is 0 Å². The van der Waals surface area contributed by atoms with Crippen molar-refractivity contribution < 1.29 is 8.78 Å². The van der Waals surface area contributed by atoms with Gasteiger partial charge >= 0.3 is 0 Å².